The van der Waals surface area contributed by atoms with Gasteiger partial charge >= 0.3 is 0 Å². The van der Waals surface area contributed by atoms with Gasteiger partial charge in [0.2, 0.25) is 6.79 Å². The average Bonchev–Trinajstić information content (AvgIpc) is 3.13. The smallest absolute Gasteiger partial charge is 0.231 e. The first-order valence-electron chi connectivity index (χ1n) is 9.32. The number of ether oxygens (including phenoxy) is 3. The molecule has 0 radical (unpaired) electrons. The summed E-state index contributed by atoms with van der Waals surface area (Å²) in [5.41, 5.74) is 1.09. The molecule has 3 rings (SSSR count). The number of fused-ring (bicyclic) bond motifs is 1. The highest BCUT2D eigenvalue weighted by molar-refractivity contribution is 14.0. The lowest BCUT2D eigenvalue weighted by Gasteiger charge is -2.26. The fourth-order valence-corrected chi connectivity index (χ4v) is 3.87. The molecule has 152 valence electrons. The average molecular weight is 554 g/mol. The first kappa shape index (κ1) is 22.5. The van der Waals surface area contributed by atoms with E-state index in [1.54, 1.807) is 0 Å². The molecule has 1 fully saturated rings. The van der Waals surface area contributed by atoms with Crippen LogP contribution in [0.5, 0.6) is 11.5 Å². The Bertz CT molecular complexity index is 639. The van der Waals surface area contributed by atoms with E-state index in [2.05, 4.69) is 40.1 Å². The van der Waals surface area contributed by atoms with E-state index >= 15 is 0 Å². The Balaban J connectivity index is 0.00000261. The number of nitrogens with one attached hydrogen (secondary N) is 1. The molecule has 0 unspecified atom stereocenters. The van der Waals surface area contributed by atoms with Gasteiger partial charge in [0.1, 0.15) is 0 Å². The van der Waals surface area contributed by atoms with Crippen molar-refractivity contribution >= 4 is 45.9 Å². The highest BCUT2D eigenvalue weighted by Crippen LogP contribution is 2.40. The topological polar surface area (TPSA) is 55.3 Å². The second-order valence-electron chi connectivity index (χ2n) is 6.75. The predicted molar refractivity (Wildman–Crippen MR) is 121 cm³/mol. The molecule has 27 heavy (non-hydrogen) atoms. The Morgan fingerprint density at radius 3 is 2.81 bits per heavy atom. The molecule has 2 aliphatic heterocycles. The molecule has 0 bridgehead atoms. The van der Waals surface area contributed by atoms with Crippen molar-refractivity contribution in [2.45, 2.75) is 32.7 Å². The van der Waals surface area contributed by atoms with Crippen molar-refractivity contribution in [2.24, 2.45) is 10.9 Å². The van der Waals surface area contributed by atoms with Gasteiger partial charge in [0.25, 0.3) is 0 Å². The zero-order valence-electron chi connectivity index (χ0n) is 16.0. The van der Waals surface area contributed by atoms with Crippen molar-refractivity contribution in [3.8, 4) is 11.5 Å². The van der Waals surface area contributed by atoms with Crippen molar-refractivity contribution in [1.82, 2.24) is 10.2 Å². The zero-order chi connectivity index (χ0) is 18.4. The van der Waals surface area contributed by atoms with E-state index in [0.29, 0.717) is 6.54 Å². The highest BCUT2D eigenvalue weighted by atomic mass is 127. The number of aliphatic imine (C=N–C) groups is 1. The molecular weight excluding hydrogens is 525 g/mol. The van der Waals surface area contributed by atoms with Crippen LogP contribution in [0.15, 0.2) is 21.6 Å². The summed E-state index contributed by atoms with van der Waals surface area (Å²) in [5, 5.41) is 3.39. The van der Waals surface area contributed by atoms with Crippen LogP contribution >= 0.6 is 39.9 Å². The first-order valence-corrected chi connectivity index (χ1v) is 10.1. The zero-order valence-corrected chi connectivity index (χ0v) is 19.9. The lowest BCUT2D eigenvalue weighted by atomic mass is 9.96. The van der Waals surface area contributed by atoms with Crippen molar-refractivity contribution in [3.63, 3.8) is 0 Å². The lowest BCUT2D eigenvalue weighted by molar-refractivity contribution is 0.0625. The molecule has 1 aromatic carbocycles. The van der Waals surface area contributed by atoms with Crippen LogP contribution in [0.2, 0.25) is 0 Å². The monoisotopic (exact) mass is 553 g/mol. The van der Waals surface area contributed by atoms with Gasteiger partial charge in [0, 0.05) is 33.4 Å². The fraction of sp³-hybridized carbons (Fsp3) is 0.632. The van der Waals surface area contributed by atoms with Crippen LogP contribution in [0.4, 0.5) is 0 Å². The number of hydrogen-bond donors (Lipinski definition) is 1. The first-order chi connectivity index (χ1) is 12.7. The third-order valence-corrected chi connectivity index (χ3v) is 5.40. The van der Waals surface area contributed by atoms with Crippen molar-refractivity contribution < 1.29 is 14.2 Å². The number of rotatable bonds is 6. The minimum atomic E-state index is 0. The predicted octanol–water partition coefficient (Wildman–Crippen LogP) is 4.01. The van der Waals surface area contributed by atoms with Gasteiger partial charge in [-0.15, -0.1) is 24.0 Å². The van der Waals surface area contributed by atoms with E-state index in [1.807, 2.05) is 12.1 Å². The Kier molecular flexibility index (Phi) is 9.44. The van der Waals surface area contributed by atoms with E-state index in [1.165, 1.54) is 19.3 Å². The minimum absolute atomic E-state index is 0. The maximum absolute atomic E-state index is 5.49. The summed E-state index contributed by atoms with van der Waals surface area (Å²) >= 11 is 3.54. The van der Waals surface area contributed by atoms with Crippen LogP contribution < -0.4 is 14.8 Å². The van der Waals surface area contributed by atoms with Gasteiger partial charge in [-0.2, -0.15) is 0 Å². The summed E-state index contributed by atoms with van der Waals surface area (Å²) < 4.78 is 17.3. The molecule has 0 aliphatic carbocycles. The van der Waals surface area contributed by atoms with Gasteiger partial charge in [-0.05, 0) is 65.7 Å². The van der Waals surface area contributed by atoms with E-state index in [9.17, 15) is 0 Å². The maximum Gasteiger partial charge on any atom is 0.231 e. The molecule has 1 saturated heterocycles. The number of hydrogen-bond acceptors (Lipinski definition) is 4. The van der Waals surface area contributed by atoms with Gasteiger partial charge in [0.05, 0.1) is 11.0 Å². The SMILES string of the molecule is CCNC(=NCc1cc(Br)c2c(c1)OCO2)N(C)CCC1CCOCC1.I. The molecule has 8 heteroatoms. The Hall–Kier alpha value is -0.740. The molecule has 6 nitrogen and oxygen atoms in total. The molecule has 0 spiro atoms. The van der Waals surface area contributed by atoms with Crippen molar-refractivity contribution in [1.29, 1.82) is 0 Å². The Morgan fingerprint density at radius 1 is 1.30 bits per heavy atom. The van der Waals surface area contributed by atoms with Crippen LogP contribution in [-0.2, 0) is 11.3 Å². The van der Waals surface area contributed by atoms with Crippen LogP contribution in [0.3, 0.4) is 0 Å². The second kappa shape index (κ2) is 11.3. The molecular formula is C19H29BrIN3O3. The summed E-state index contributed by atoms with van der Waals surface area (Å²) in [6.45, 7) is 6.63. The third-order valence-electron chi connectivity index (χ3n) is 4.81. The van der Waals surface area contributed by atoms with E-state index in [4.69, 9.17) is 19.2 Å². The number of halogens is 2. The molecule has 0 aromatic heterocycles. The van der Waals surface area contributed by atoms with E-state index < -0.39 is 0 Å². The second-order valence-corrected chi connectivity index (χ2v) is 7.60. The highest BCUT2D eigenvalue weighted by Gasteiger charge is 2.18. The molecule has 2 heterocycles. The molecule has 0 amide bonds. The summed E-state index contributed by atoms with van der Waals surface area (Å²) in [7, 11) is 2.11. The minimum Gasteiger partial charge on any atom is -0.454 e. The van der Waals surface area contributed by atoms with Gasteiger partial charge in [-0.25, -0.2) is 4.99 Å². The van der Waals surface area contributed by atoms with E-state index in [0.717, 1.165) is 59.7 Å². The summed E-state index contributed by atoms with van der Waals surface area (Å²) in [6, 6.07) is 4.05. The van der Waals surface area contributed by atoms with Gasteiger partial charge in [0.15, 0.2) is 17.5 Å². The van der Waals surface area contributed by atoms with Crippen molar-refractivity contribution in [2.75, 3.05) is 40.1 Å². The summed E-state index contributed by atoms with van der Waals surface area (Å²) in [5.74, 6) is 3.26. The fourth-order valence-electron chi connectivity index (χ4n) is 3.27. The number of guanidine groups is 1. The number of benzene rings is 1. The Labute approximate surface area is 187 Å². The molecule has 2 aliphatic rings. The van der Waals surface area contributed by atoms with E-state index in [-0.39, 0.29) is 30.8 Å². The third kappa shape index (κ3) is 6.39. The number of nitrogens with zero attached hydrogens (tertiary/aromatic N) is 2. The molecule has 1 aromatic rings. The van der Waals surface area contributed by atoms with Crippen LogP contribution in [-0.4, -0.2) is 51.0 Å². The van der Waals surface area contributed by atoms with Gasteiger partial charge in [-0.3, -0.25) is 0 Å². The van der Waals surface area contributed by atoms with Crippen molar-refractivity contribution in [3.05, 3.63) is 22.2 Å². The van der Waals surface area contributed by atoms with Gasteiger partial charge in [-0.1, -0.05) is 0 Å². The van der Waals surface area contributed by atoms with Crippen LogP contribution in [0.1, 0.15) is 31.7 Å². The standard InChI is InChI=1S/C19H28BrN3O3.HI/c1-3-21-19(23(2)7-4-14-5-8-24-9-6-14)22-12-15-10-16(20)18-17(11-15)25-13-26-18;/h10-11,14H,3-9,12-13H2,1-2H3,(H,21,22);1H. The Morgan fingerprint density at radius 2 is 2.07 bits per heavy atom. The lowest BCUT2D eigenvalue weighted by Crippen LogP contribution is -2.40. The largest absolute Gasteiger partial charge is 0.454 e. The van der Waals surface area contributed by atoms with Gasteiger partial charge < -0.3 is 24.4 Å². The summed E-state index contributed by atoms with van der Waals surface area (Å²) in [4.78, 5) is 7.03. The normalized spacial score (nSPS) is 16.8. The van der Waals surface area contributed by atoms with Crippen LogP contribution in [0, 0.1) is 5.92 Å². The quantitative estimate of drug-likeness (QED) is 0.328. The molecule has 0 saturated carbocycles. The summed E-state index contributed by atoms with van der Waals surface area (Å²) in [6.07, 6.45) is 3.53. The molecule has 1 N–H and O–H groups in total. The maximum atomic E-state index is 5.49. The molecule has 0 atom stereocenters. The van der Waals surface area contributed by atoms with Crippen LogP contribution in [0.25, 0.3) is 0 Å².